The lowest BCUT2D eigenvalue weighted by Crippen LogP contribution is -2.50. The third-order valence-electron chi connectivity index (χ3n) is 6.96. The number of aromatic amines is 1. The second kappa shape index (κ2) is 10.4. The lowest BCUT2D eigenvalue weighted by molar-refractivity contribution is -0.133. The van der Waals surface area contributed by atoms with Crippen molar-refractivity contribution in [3.63, 3.8) is 0 Å². The highest BCUT2D eigenvalue weighted by atomic mass is 35.5. The predicted molar refractivity (Wildman–Crippen MR) is 142 cm³/mol. The maximum absolute atomic E-state index is 13.1. The van der Waals surface area contributed by atoms with Crippen LogP contribution < -0.4 is 16.6 Å². The van der Waals surface area contributed by atoms with Crippen LogP contribution in [0.2, 0.25) is 10.0 Å². The third-order valence-corrected chi connectivity index (χ3v) is 7.78. The van der Waals surface area contributed by atoms with Crippen molar-refractivity contribution in [2.75, 3.05) is 25.0 Å². The van der Waals surface area contributed by atoms with Crippen LogP contribution in [-0.4, -0.2) is 57.0 Å². The standard InChI is InChI=1S/C26H25Cl2N5O4/c27-20-6-3-5-18(23(20)28)19-14-32(25(36)30-24(19)35)15-22(34)31-11-9-17(10-12-31)33-13-8-16-4-1-2-7-21(16)29-26(33)37/h1-7,14,17H,8-13,15H2,(H,29,37)(H,30,35,36). The number of fused-ring (bicyclic) bond motifs is 1. The Morgan fingerprint density at radius 1 is 0.946 bits per heavy atom. The summed E-state index contributed by atoms with van der Waals surface area (Å²) in [6, 6.07) is 12.6. The number of nitrogens with one attached hydrogen (secondary N) is 2. The molecule has 3 heterocycles. The molecule has 0 aliphatic carbocycles. The molecule has 192 valence electrons. The van der Waals surface area contributed by atoms with Crippen molar-refractivity contribution in [3.8, 4) is 11.1 Å². The molecule has 2 aliphatic rings. The number of urea groups is 1. The van der Waals surface area contributed by atoms with Gasteiger partial charge in [-0.15, -0.1) is 0 Å². The van der Waals surface area contributed by atoms with Gasteiger partial charge in [0.05, 0.1) is 15.6 Å². The zero-order valence-corrected chi connectivity index (χ0v) is 21.4. The lowest BCUT2D eigenvalue weighted by Gasteiger charge is -2.38. The number of rotatable bonds is 4. The number of benzene rings is 2. The first-order valence-corrected chi connectivity index (χ1v) is 12.8. The molecule has 0 bridgehead atoms. The number of likely N-dealkylation sites (tertiary alicyclic amines) is 1. The third kappa shape index (κ3) is 5.14. The molecule has 5 rings (SSSR count). The second-order valence-corrected chi connectivity index (χ2v) is 9.96. The van der Waals surface area contributed by atoms with Gasteiger partial charge in [-0.1, -0.05) is 53.5 Å². The topological polar surface area (TPSA) is 108 Å². The van der Waals surface area contributed by atoms with Crippen LogP contribution in [0.15, 0.2) is 58.3 Å². The molecule has 11 heteroatoms. The highest BCUT2D eigenvalue weighted by molar-refractivity contribution is 6.43. The number of piperidine rings is 1. The Balaban J connectivity index is 1.25. The van der Waals surface area contributed by atoms with Crippen molar-refractivity contribution in [1.82, 2.24) is 19.4 Å². The summed E-state index contributed by atoms with van der Waals surface area (Å²) in [5.41, 5.74) is 1.16. The van der Waals surface area contributed by atoms with E-state index in [2.05, 4.69) is 10.3 Å². The molecule has 2 N–H and O–H groups in total. The van der Waals surface area contributed by atoms with E-state index in [0.29, 0.717) is 38.0 Å². The molecule has 9 nitrogen and oxygen atoms in total. The van der Waals surface area contributed by atoms with Crippen LogP contribution in [0, 0.1) is 0 Å². The predicted octanol–water partition coefficient (Wildman–Crippen LogP) is 3.59. The Kier molecular flexibility index (Phi) is 7.08. The molecule has 0 atom stereocenters. The van der Waals surface area contributed by atoms with Crippen molar-refractivity contribution in [2.45, 2.75) is 31.8 Å². The number of hydrogen-bond acceptors (Lipinski definition) is 4. The highest BCUT2D eigenvalue weighted by Crippen LogP contribution is 2.31. The first-order chi connectivity index (χ1) is 17.8. The molecule has 0 saturated carbocycles. The first kappa shape index (κ1) is 25.1. The number of carbonyl (C=O) groups excluding carboxylic acids is 2. The molecule has 3 aromatic rings. The molecule has 1 fully saturated rings. The van der Waals surface area contributed by atoms with Crippen LogP contribution in [0.1, 0.15) is 18.4 Å². The summed E-state index contributed by atoms with van der Waals surface area (Å²) < 4.78 is 1.17. The first-order valence-electron chi connectivity index (χ1n) is 12.0. The van der Waals surface area contributed by atoms with Gasteiger partial charge in [0.25, 0.3) is 5.56 Å². The van der Waals surface area contributed by atoms with Crippen LogP contribution in [0.3, 0.4) is 0 Å². The fourth-order valence-corrected chi connectivity index (χ4v) is 5.34. The van der Waals surface area contributed by atoms with Gasteiger partial charge in [-0.3, -0.25) is 19.1 Å². The van der Waals surface area contributed by atoms with Gasteiger partial charge in [0.15, 0.2) is 0 Å². The fraction of sp³-hybridized carbons (Fsp3) is 0.308. The van der Waals surface area contributed by atoms with E-state index >= 15 is 0 Å². The van der Waals surface area contributed by atoms with Gasteiger partial charge in [-0.25, -0.2) is 9.59 Å². The van der Waals surface area contributed by atoms with Gasteiger partial charge in [0, 0.05) is 43.1 Å². The van der Waals surface area contributed by atoms with Gasteiger partial charge >= 0.3 is 11.7 Å². The molecule has 1 aromatic heterocycles. The molecule has 0 radical (unpaired) electrons. The van der Waals surface area contributed by atoms with E-state index in [-0.39, 0.29) is 40.1 Å². The molecule has 3 amide bonds. The number of nitrogens with zero attached hydrogens (tertiary/aromatic N) is 3. The minimum absolute atomic E-state index is 0.0192. The molecular weight excluding hydrogens is 517 g/mol. The average molecular weight is 542 g/mol. The van der Waals surface area contributed by atoms with Gasteiger partial charge in [-0.2, -0.15) is 0 Å². The van der Waals surface area contributed by atoms with Crippen LogP contribution in [0.4, 0.5) is 10.5 Å². The Morgan fingerprint density at radius 2 is 1.70 bits per heavy atom. The smallest absolute Gasteiger partial charge is 0.328 e. The molecule has 0 spiro atoms. The molecular formula is C26H25Cl2N5O4. The van der Waals surface area contributed by atoms with E-state index < -0.39 is 11.2 Å². The van der Waals surface area contributed by atoms with Crippen molar-refractivity contribution in [1.29, 1.82) is 0 Å². The van der Waals surface area contributed by atoms with E-state index in [9.17, 15) is 19.2 Å². The minimum atomic E-state index is -0.684. The van der Waals surface area contributed by atoms with Crippen LogP contribution in [0.5, 0.6) is 0 Å². The average Bonchev–Trinajstić information content (AvgIpc) is 3.05. The largest absolute Gasteiger partial charge is 0.341 e. The number of H-pyrrole nitrogens is 1. The van der Waals surface area contributed by atoms with Gasteiger partial charge in [-0.05, 0) is 37.0 Å². The monoisotopic (exact) mass is 541 g/mol. The summed E-state index contributed by atoms with van der Waals surface area (Å²) in [6.07, 6.45) is 3.38. The van der Waals surface area contributed by atoms with E-state index in [4.69, 9.17) is 23.2 Å². The van der Waals surface area contributed by atoms with E-state index in [1.165, 1.54) is 10.8 Å². The maximum Gasteiger partial charge on any atom is 0.328 e. The maximum atomic E-state index is 13.1. The quantitative estimate of drug-likeness (QED) is 0.526. The highest BCUT2D eigenvalue weighted by Gasteiger charge is 2.31. The van der Waals surface area contributed by atoms with Crippen molar-refractivity contribution in [3.05, 3.63) is 85.1 Å². The van der Waals surface area contributed by atoms with Gasteiger partial charge < -0.3 is 15.1 Å². The summed E-state index contributed by atoms with van der Waals surface area (Å²) >= 11 is 12.3. The molecule has 2 aromatic carbocycles. The summed E-state index contributed by atoms with van der Waals surface area (Å²) in [4.78, 5) is 56.6. The molecule has 2 aliphatic heterocycles. The second-order valence-electron chi connectivity index (χ2n) is 9.17. The van der Waals surface area contributed by atoms with Crippen molar-refractivity contribution >= 4 is 40.8 Å². The number of aromatic nitrogens is 2. The molecule has 37 heavy (non-hydrogen) atoms. The van der Waals surface area contributed by atoms with Crippen molar-refractivity contribution in [2.24, 2.45) is 0 Å². The molecule has 0 unspecified atom stereocenters. The summed E-state index contributed by atoms with van der Waals surface area (Å²) in [7, 11) is 0. The number of para-hydroxylation sites is 1. The van der Waals surface area contributed by atoms with Crippen molar-refractivity contribution < 1.29 is 9.59 Å². The SMILES string of the molecule is O=C(Cn1cc(-c2cccc(Cl)c2Cl)c(=O)[nH]c1=O)N1CCC(N2CCc3ccccc3NC2=O)CC1. The number of carbonyl (C=O) groups is 2. The Bertz CT molecular complexity index is 1480. The fourth-order valence-electron chi connectivity index (χ4n) is 4.94. The Morgan fingerprint density at radius 3 is 2.49 bits per heavy atom. The minimum Gasteiger partial charge on any atom is -0.341 e. The molecule has 1 saturated heterocycles. The Hall–Kier alpha value is -3.56. The van der Waals surface area contributed by atoms with Gasteiger partial charge in [0.2, 0.25) is 5.91 Å². The summed E-state index contributed by atoms with van der Waals surface area (Å²) in [5, 5.41) is 3.46. The summed E-state index contributed by atoms with van der Waals surface area (Å²) in [5.74, 6) is -0.247. The van der Waals surface area contributed by atoms with Crippen LogP contribution in [-0.2, 0) is 17.8 Å². The lowest BCUT2D eigenvalue weighted by atomic mass is 10.0. The Labute approximate surface area is 222 Å². The number of amides is 3. The number of anilines is 1. The zero-order valence-electron chi connectivity index (χ0n) is 19.9. The van der Waals surface area contributed by atoms with Crippen LogP contribution in [0.25, 0.3) is 11.1 Å². The van der Waals surface area contributed by atoms with E-state index in [0.717, 1.165) is 17.7 Å². The number of halogens is 2. The van der Waals surface area contributed by atoms with Crippen LogP contribution >= 0.6 is 23.2 Å². The zero-order chi connectivity index (χ0) is 26.1. The number of hydrogen-bond donors (Lipinski definition) is 2. The van der Waals surface area contributed by atoms with Gasteiger partial charge in [0.1, 0.15) is 6.54 Å². The normalized spacial score (nSPS) is 16.2. The van der Waals surface area contributed by atoms with E-state index in [1.54, 1.807) is 23.1 Å². The summed E-state index contributed by atoms with van der Waals surface area (Å²) in [6.45, 7) is 1.31. The van der Waals surface area contributed by atoms with E-state index in [1.807, 2.05) is 29.2 Å².